The summed E-state index contributed by atoms with van der Waals surface area (Å²) >= 11 is 1.82. The van der Waals surface area contributed by atoms with Crippen molar-refractivity contribution in [1.82, 2.24) is 5.43 Å². The first-order valence-corrected chi connectivity index (χ1v) is 7.40. The van der Waals surface area contributed by atoms with Crippen molar-refractivity contribution in [3.05, 3.63) is 65.2 Å². The summed E-state index contributed by atoms with van der Waals surface area (Å²) in [6.45, 7) is 4.24. The molecule has 0 aromatic heterocycles. The first-order chi connectivity index (χ1) is 9.20. The Bertz CT molecular complexity index is 526. The number of hydrogen-bond acceptors (Lipinski definition) is 3. The first kappa shape index (κ1) is 14.1. The van der Waals surface area contributed by atoms with Crippen molar-refractivity contribution in [3.63, 3.8) is 0 Å². The largest absolute Gasteiger partial charge is 0.271 e. The molecule has 0 aliphatic carbocycles. The lowest BCUT2D eigenvalue weighted by atomic mass is 10.0. The summed E-state index contributed by atoms with van der Waals surface area (Å²) in [7, 11) is 0. The van der Waals surface area contributed by atoms with Gasteiger partial charge in [0, 0.05) is 10.6 Å². The second-order valence-corrected chi connectivity index (χ2v) is 5.80. The van der Waals surface area contributed by atoms with Crippen LogP contribution in [-0.2, 0) is 0 Å². The fraction of sp³-hybridized carbons (Fsp3) is 0.250. The van der Waals surface area contributed by atoms with Crippen molar-refractivity contribution in [3.8, 4) is 0 Å². The maximum absolute atomic E-state index is 5.72. The Morgan fingerprint density at radius 1 is 1.11 bits per heavy atom. The van der Waals surface area contributed by atoms with E-state index in [1.54, 1.807) is 0 Å². The Labute approximate surface area is 119 Å². The van der Waals surface area contributed by atoms with Gasteiger partial charge < -0.3 is 0 Å². The lowest BCUT2D eigenvalue weighted by molar-refractivity contribution is 0.607. The molecule has 0 fully saturated rings. The lowest BCUT2D eigenvalue weighted by Gasteiger charge is -2.19. The Hall–Kier alpha value is -1.29. The molecule has 2 nitrogen and oxygen atoms in total. The van der Waals surface area contributed by atoms with Crippen LogP contribution in [0.5, 0.6) is 0 Å². The summed E-state index contributed by atoms with van der Waals surface area (Å²) in [5.41, 5.74) is 6.77. The van der Waals surface area contributed by atoms with Crippen LogP contribution in [-0.4, -0.2) is 5.75 Å². The summed E-state index contributed by atoms with van der Waals surface area (Å²) in [5.74, 6) is 6.65. The van der Waals surface area contributed by atoms with Crippen LogP contribution in [0.1, 0.15) is 22.7 Å². The predicted molar refractivity (Wildman–Crippen MR) is 83.1 cm³/mol. The minimum absolute atomic E-state index is 0.171. The van der Waals surface area contributed by atoms with Gasteiger partial charge in [-0.1, -0.05) is 42.0 Å². The van der Waals surface area contributed by atoms with Gasteiger partial charge in [-0.15, -0.1) is 11.8 Å². The number of thioether (sulfide) groups is 1. The fourth-order valence-corrected chi connectivity index (χ4v) is 3.04. The molecule has 100 valence electrons. The van der Waals surface area contributed by atoms with Gasteiger partial charge in [0.25, 0.3) is 0 Å². The highest BCUT2D eigenvalue weighted by molar-refractivity contribution is 7.99. The van der Waals surface area contributed by atoms with Gasteiger partial charge >= 0.3 is 0 Å². The first-order valence-electron chi connectivity index (χ1n) is 6.42. The number of hydrazine groups is 1. The van der Waals surface area contributed by atoms with E-state index >= 15 is 0 Å². The average Bonchev–Trinajstić information content (AvgIpc) is 2.44. The highest BCUT2D eigenvalue weighted by Crippen LogP contribution is 2.26. The van der Waals surface area contributed by atoms with Crippen LogP contribution in [0.2, 0.25) is 0 Å². The monoisotopic (exact) mass is 272 g/mol. The second-order valence-electron chi connectivity index (χ2n) is 4.70. The molecule has 0 amide bonds. The van der Waals surface area contributed by atoms with Crippen LogP contribution < -0.4 is 11.3 Å². The molecule has 2 aromatic carbocycles. The van der Waals surface area contributed by atoms with Crippen molar-refractivity contribution in [2.24, 2.45) is 5.84 Å². The highest BCUT2D eigenvalue weighted by atomic mass is 32.2. The maximum atomic E-state index is 5.72. The normalized spacial score (nSPS) is 12.4. The van der Waals surface area contributed by atoms with Crippen LogP contribution in [0.3, 0.4) is 0 Å². The zero-order valence-corrected chi connectivity index (χ0v) is 12.2. The minimum Gasteiger partial charge on any atom is -0.271 e. The van der Waals surface area contributed by atoms with Gasteiger partial charge in [-0.05, 0) is 37.1 Å². The minimum atomic E-state index is 0.171. The van der Waals surface area contributed by atoms with Crippen LogP contribution in [0.15, 0.2) is 53.4 Å². The average molecular weight is 272 g/mol. The van der Waals surface area contributed by atoms with Crippen molar-refractivity contribution in [2.45, 2.75) is 24.8 Å². The number of aryl methyl sites for hydroxylation is 2. The van der Waals surface area contributed by atoms with E-state index in [1.807, 2.05) is 17.8 Å². The predicted octanol–water partition coefficient (Wildman–Crippen LogP) is 3.60. The molecule has 19 heavy (non-hydrogen) atoms. The molecule has 0 radical (unpaired) electrons. The van der Waals surface area contributed by atoms with Gasteiger partial charge in [0.15, 0.2) is 0 Å². The van der Waals surface area contributed by atoms with E-state index in [0.29, 0.717) is 0 Å². The molecular weight excluding hydrogens is 252 g/mol. The molecule has 0 saturated carbocycles. The van der Waals surface area contributed by atoms with Crippen molar-refractivity contribution in [2.75, 3.05) is 5.75 Å². The van der Waals surface area contributed by atoms with Crippen LogP contribution in [0, 0.1) is 13.8 Å². The molecule has 0 aliphatic rings. The molecule has 2 aromatic rings. The molecule has 3 heteroatoms. The number of nitrogens with one attached hydrogen (secondary N) is 1. The number of benzene rings is 2. The molecule has 1 atom stereocenters. The van der Waals surface area contributed by atoms with E-state index in [4.69, 9.17) is 5.84 Å². The van der Waals surface area contributed by atoms with E-state index in [-0.39, 0.29) is 6.04 Å². The third kappa shape index (κ3) is 3.83. The molecular formula is C16H20N2S. The number of nitrogens with two attached hydrogens (primary N) is 1. The molecule has 2 rings (SSSR count). The Balaban J connectivity index is 2.10. The van der Waals surface area contributed by atoms with Crippen molar-refractivity contribution in [1.29, 1.82) is 0 Å². The topological polar surface area (TPSA) is 38.0 Å². The zero-order valence-electron chi connectivity index (χ0n) is 11.4. The van der Waals surface area contributed by atoms with E-state index in [0.717, 1.165) is 5.75 Å². The summed E-state index contributed by atoms with van der Waals surface area (Å²) in [4.78, 5) is 1.27. The number of hydrogen-bond donors (Lipinski definition) is 2. The van der Waals surface area contributed by atoms with Crippen LogP contribution >= 0.6 is 11.8 Å². The highest BCUT2D eigenvalue weighted by Gasteiger charge is 2.12. The lowest BCUT2D eigenvalue weighted by Crippen LogP contribution is -2.30. The Morgan fingerprint density at radius 3 is 2.53 bits per heavy atom. The summed E-state index contributed by atoms with van der Waals surface area (Å²) in [6, 6.07) is 17.1. The van der Waals surface area contributed by atoms with Crippen LogP contribution in [0.4, 0.5) is 0 Å². The molecule has 0 heterocycles. The molecule has 0 spiro atoms. The van der Waals surface area contributed by atoms with Gasteiger partial charge in [-0.3, -0.25) is 11.3 Å². The number of rotatable bonds is 5. The van der Waals surface area contributed by atoms with E-state index < -0.39 is 0 Å². The standard InChI is InChI=1S/C16H20N2S/c1-12-8-9-13(2)15(10-12)16(18-17)11-19-14-6-4-3-5-7-14/h3-10,16,18H,11,17H2,1-2H3. The van der Waals surface area contributed by atoms with Crippen LogP contribution in [0.25, 0.3) is 0 Å². The SMILES string of the molecule is Cc1ccc(C)c(C(CSc2ccccc2)NN)c1. The third-order valence-electron chi connectivity index (χ3n) is 3.17. The molecule has 0 saturated heterocycles. The van der Waals surface area contributed by atoms with Gasteiger partial charge in [-0.2, -0.15) is 0 Å². The molecule has 1 unspecified atom stereocenters. The maximum Gasteiger partial charge on any atom is 0.0556 e. The second kappa shape index (κ2) is 6.75. The Morgan fingerprint density at radius 2 is 1.84 bits per heavy atom. The van der Waals surface area contributed by atoms with E-state index in [2.05, 4.69) is 61.7 Å². The molecule has 0 aliphatic heterocycles. The third-order valence-corrected chi connectivity index (χ3v) is 4.28. The van der Waals surface area contributed by atoms with Gasteiger partial charge in [0.2, 0.25) is 0 Å². The summed E-state index contributed by atoms with van der Waals surface area (Å²) in [5, 5.41) is 0. The van der Waals surface area contributed by atoms with Gasteiger partial charge in [0.1, 0.15) is 0 Å². The fourth-order valence-electron chi connectivity index (χ4n) is 2.06. The molecule has 0 bridgehead atoms. The Kier molecular flexibility index (Phi) is 5.02. The quantitative estimate of drug-likeness (QED) is 0.496. The van der Waals surface area contributed by atoms with Gasteiger partial charge in [-0.25, -0.2) is 0 Å². The summed E-state index contributed by atoms with van der Waals surface area (Å²) < 4.78 is 0. The van der Waals surface area contributed by atoms with Gasteiger partial charge in [0.05, 0.1) is 6.04 Å². The smallest absolute Gasteiger partial charge is 0.0556 e. The van der Waals surface area contributed by atoms with E-state index in [1.165, 1.54) is 21.6 Å². The van der Waals surface area contributed by atoms with Crippen molar-refractivity contribution < 1.29 is 0 Å². The summed E-state index contributed by atoms with van der Waals surface area (Å²) in [6.07, 6.45) is 0. The van der Waals surface area contributed by atoms with Crippen molar-refractivity contribution >= 4 is 11.8 Å². The van der Waals surface area contributed by atoms with E-state index in [9.17, 15) is 0 Å². The molecule has 3 N–H and O–H groups in total. The zero-order chi connectivity index (χ0) is 13.7.